The fourth-order valence-electron chi connectivity index (χ4n) is 2.31. The molecule has 1 heterocycles. The molecule has 0 spiro atoms. The lowest BCUT2D eigenvalue weighted by atomic mass is 9.87. The molecule has 2 rings (SSSR count). The molecule has 3 N–H and O–H groups in total. The monoisotopic (exact) mass is 312 g/mol. The van der Waals surface area contributed by atoms with E-state index < -0.39 is 5.97 Å². The standard InChI is InChI=1S/C13H17BrN2O2/c1-9(10-3-2-4-11(14)5-10)16-13(6-12(17)18)7-15-8-13/h2-5,9,15-16H,6-8H2,1H3,(H,17,18). The number of hydrogen-bond acceptors (Lipinski definition) is 3. The van der Waals surface area contributed by atoms with E-state index >= 15 is 0 Å². The van der Waals surface area contributed by atoms with Gasteiger partial charge in [0.25, 0.3) is 0 Å². The Hall–Kier alpha value is -0.910. The number of carboxylic acids is 1. The Morgan fingerprint density at radius 3 is 2.83 bits per heavy atom. The van der Waals surface area contributed by atoms with Crippen LogP contribution < -0.4 is 10.6 Å². The van der Waals surface area contributed by atoms with Gasteiger partial charge in [-0.1, -0.05) is 28.1 Å². The van der Waals surface area contributed by atoms with Crippen molar-refractivity contribution in [3.8, 4) is 0 Å². The van der Waals surface area contributed by atoms with E-state index in [1.165, 1.54) is 0 Å². The van der Waals surface area contributed by atoms with Gasteiger partial charge in [-0.15, -0.1) is 0 Å². The third-order valence-corrected chi connectivity index (χ3v) is 3.78. The molecular weight excluding hydrogens is 296 g/mol. The molecule has 0 radical (unpaired) electrons. The highest BCUT2D eigenvalue weighted by Crippen LogP contribution is 2.24. The quantitative estimate of drug-likeness (QED) is 0.777. The molecule has 1 fully saturated rings. The SMILES string of the molecule is CC(NC1(CC(=O)O)CNC1)c1cccc(Br)c1. The fourth-order valence-corrected chi connectivity index (χ4v) is 2.73. The highest BCUT2D eigenvalue weighted by Gasteiger charge is 2.39. The van der Waals surface area contributed by atoms with Gasteiger partial charge in [0.2, 0.25) is 0 Å². The molecule has 1 aliphatic rings. The average molecular weight is 313 g/mol. The Bertz CT molecular complexity index is 446. The van der Waals surface area contributed by atoms with Crippen LogP contribution in [0.1, 0.15) is 24.9 Å². The van der Waals surface area contributed by atoms with Crippen LogP contribution in [-0.4, -0.2) is 29.7 Å². The van der Waals surface area contributed by atoms with E-state index in [9.17, 15) is 4.79 Å². The van der Waals surface area contributed by atoms with E-state index in [2.05, 4.69) is 39.6 Å². The van der Waals surface area contributed by atoms with E-state index in [4.69, 9.17) is 5.11 Å². The van der Waals surface area contributed by atoms with Crippen LogP contribution >= 0.6 is 15.9 Å². The van der Waals surface area contributed by atoms with Crippen LogP contribution in [0.25, 0.3) is 0 Å². The van der Waals surface area contributed by atoms with Crippen LogP contribution in [0, 0.1) is 0 Å². The number of carboxylic acid groups (broad SMARTS) is 1. The Kier molecular flexibility index (Phi) is 4.04. The zero-order valence-electron chi connectivity index (χ0n) is 10.2. The van der Waals surface area contributed by atoms with Crippen molar-refractivity contribution in [1.82, 2.24) is 10.6 Å². The predicted molar refractivity (Wildman–Crippen MR) is 73.5 cm³/mol. The lowest BCUT2D eigenvalue weighted by Crippen LogP contribution is -2.68. The van der Waals surface area contributed by atoms with Crippen LogP contribution in [0.2, 0.25) is 0 Å². The van der Waals surface area contributed by atoms with Crippen molar-refractivity contribution in [1.29, 1.82) is 0 Å². The van der Waals surface area contributed by atoms with Gasteiger partial charge in [-0.3, -0.25) is 4.79 Å². The molecule has 0 saturated carbocycles. The Morgan fingerprint density at radius 2 is 2.33 bits per heavy atom. The van der Waals surface area contributed by atoms with Crippen LogP contribution in [0.5, 0.6) is 0 Å². The third kappa shape index (κ3) is 3.10. The average Bonchev–Trinajstić information content (AvgIpc) is 2.25. The molecule has 1 saturated heterocycles. The maximum atomic E-state index is 10.9. The third-order valence-electron chi connectivity index (χ3n) is 3.29. The molecule has 4 nitrogen and oxygen atoms in total. The van der Waals surface area contributed by atoms with Crippen molar-refractivity contribution in [2.45, 2.75) is 24.9 Å². The number of rotatable bonds is 5. The highest BCUT2D eigenvalue weighted by molar-refractivity contribution is 9.10. The lowest BCUT2D eigenvalue weighted by Gasteiger charge is -2.44. The summed E-state index contributed by atoms with van der Waals surface area (Å²) in [6, 6.07) is 8.19. The van der Waals surface area contributed by atoms with Gasteiger partial charge < -0.3 is 15.7 Å². The molecule has 0 amide bonds. The normalized spacial score (nSPS) is 19.0. The van der Waals surface area contributed by atoms with Crippen molar-refractivity contribution in [2.24, 2.45) is 0 Å². The fraction of sp³-hybridized carbons (Fsp3) is 0.462. The van der Waals surface area contributed by atoms with Crippen LogP contribution in [0.15, 0.2) is 28.7 Å². The molecule has 1 unspecified atom stereocenters. The summed E-state index contributed by atoms with van der Waals surface area (Å²) in [7, 11) is 0. The van der Waals surface area contributed by atoms with E-state index in [0.29, 0.717) is 13.1 Å². The van der Waals surface area contributed by atoms with Crippen LogP contribution in [0.3, 0.4) is 0 Å². The highest BCUT2D eigenvalue weighted by atomic mass is 79.9. The summed E-state index contributed by atoms with van der Waals surface area (Å²) in [5.41, 5.74) is 0.842. The maximum Gasteiger partial charge on any atom is 0.305 e. The molecule has 18 heavy (non-hydrogen) atoms. The zero-order chi connectivity index (χ0) is 13.2. The van der Waals surface area contributed by atoms with Crippen LogP contribution in [-0.2, 0) is 4.79 Å². The maximum absolute atomic E-state index is 10.9. The van der Waals surface area contributed by atoms with Gasteiger partial charge in [-0.2, -0.15) is 0 Å². The topological polar surface area (TPSA) is 61.4 Å². The van der Waals surface area contributed by atoms with Crippen molar-refractivity contribution >= 4 is 21.9 Å². The van der Waals surface area contributed by atoms with Crippen molar-refractivity contribution in [3.05, 3.63) is 34.3 Å². The van der Waals surface area contributed by atoms with Gasteiger partial charge in [0, 0.05) is 23.6 Å². The second kappa shape index (κ2) is 5.38. The molecule has 0 aliphatic carbocycles. The minimum Gasteiger partial charge on any atom is -0.481 e. The Labute approximate surface area is 115 Å². The second-order valence-corrected chi connectivity index (χ2v) is 5.79. The molecular formula is C13H17BrN2O2. The van der Waals surface area contributed by atoms with Gasteiger partial charge in [-0.05, 0) is 24.6 Å². The van der Waals surface area contributed by atoms with E-state index in [-0.39, 0.29) is 18.0 Å². The van der Waals surface area contributed by atoms with Gasteiger partial charge in [-0.25, -0.2) is 0 Å². The zero-order valence-corrected chi connectivity index (χ0v) is 11.8. The first kappa shape index (κ1) is 13.5. The molecule has 98 valence electrons. The smallest absolute Gasteiger partial charge is 0.305 e. The number of benzene rings is 1. The summed E-state index contributed by atoms with van der Waals surface area (Å²) < 4.78 is 1.03. The number of aliphatic carboxylic acids is 1. The van der Waals surface area contributed by atoms with Crippen molar-refractivity contribution in [3.63, 3.8) is 0 Å². The number of halogens is 1. The summed E-state index contributed by atoms with van der Waals surface area (Å²) in [6.07, 6.45) is 0.151. The van der Waals surface area contributed by atoms with Gasteiger partial charge in [0.15, 0.2) is 0 Å². The first-order valence-electron chi connectivity index (χ1n) is 5.96. The predicted octanol–water partition coefficient (Wildman–Crippen LogP) is 1.92. The number of hydrogen-bond donors (Lipinski definition) is 3. The molecule has 1 aliphatic heterocycles. The molecule has 1 atom stereocenters. The van der Waals surface area contributed by atoms with E-state index in [1.54, 1.807) is 0 Å². The largest absolute Gasteiger partial charge is 0.481 e. The summed E-state index contributed by atoms with van der Waals surface area (Å²) in [5.74, 6) is -0.759. The van der Waals surface area contributed by atoms with Gasteiger partial charge in [0.1, 0.15) is 0 Å². The number of carbonyl (C=O) groups is 1. The summed E-state index contributed by atoms with van der Waals surface area (Å²) in [5, 5.41) is 15.5. The second-order valence-electron chi connectivity index (χ2n) is 4.88. The lowest BCUT2D eigenvalue weighted by molar-refractivity contribution is -0.139. The Morgan fingerprint density at radius 1 is 1.61 bits per heavy atom. The molecule has 0 bridgehead atoms. The minimum absolute atomic E-state index is 0.129. The van der Waals surface area contributed by atoms with E-state index in [0.717, 1.165) is 10.0 Å². The summed E-state index contributed by atoms with van der Waals surface area (Å²) in [6.45, 7) is 3.47. The summed E-state index contributed by atoms with van der Waals surface area (Å²) >= 11 is 3.45. The first-order chi connectivity index (χ1) is 8.51. The van der Waals surface area contributed by atoms with Crippen LogP contribution in [0.4, 0.5) is 0 Å². The Balaban J connectivity index is 2.06. The summed E-state index contributed by atoms with van der Waals surface area (Å²) in [4.78, 5) is 10.9. The molecule has 1 aromatic carbocycles. The van der Waals surface area contributed by atoms with E-state index in [1.807, 2.05) is 18.2 Å². The molecule has 1 aromatic rings. The first-order valence-corrected chi connectivity index (χ1v) is 6.76. The van der Waals surface area contributed by atoms with Crippen molar-refractivity contribution in [2.75, 3.05) is 13.1 Å². The van der Waals surface area contributed by atoms with Gasteiger partial charge >= 0.3 is 5.97 Å². The van der Waals surface area contributed by atoms with Gasteiger partial charge in [0.05, 0.1) is 12.0 Å². The molecule has 0 aromatic heterocycles. The molecule has 5 heteroatoms. The number of nitrogens with one attached hydrogen (secondary N) is 2. The minimum atomic E-state index is -0.759. The van der Waals surface area contributed by atoms with Crippen molar-refractivity contribution < 1.29 is 9.90 Å².